The molecule has 0 atom stereocenters. The van der Waals surface area contributed by atoms with Gasteiger partial charge in [-0.25, -0.2) is 5.10 Å². The molecule has 19 heavy (non-hydrogen) atoms. The van der Waals surface area contributed by atoms with Gasteiger partial charge in [-0.15, -0.1) is 0 Å². The number of aryl methyl sites for hydroxylation is 1. The number of carbonyl (C=O) groups is 1. The maximum Gasteiger partial charge on any atom is 0.293 e. The first kappa shape index (κ1) is 11.9. The first-order valence-corrected chi connectivity index (χ1v) is 6.29. The van der Waals surface area contributed by atoms with Crippen molar-refractivity contribution >= 4 is 38.8 Å². The average molecular weight is 321 g/mol. The Morgan fingerprint density at radius 2 is 2.26 bits per heavy atom. The highest BCUT2D eigenvalue weighted by Crippen LogP contribution is 2.28. The molecule has 3 aromatic rings. The average Bonchev–Trinajstić information content (AvgIpc) is 2.97. The molecule has 0 aliphatic rings. The Morgan fingerprint density at radius 3 is 3.00 bits per heavy atom. The van der Waals surface area contributed by atoms with Crippen molar-refractivity contribution in [1.29, 1.82) is 0 Å². The maximum absolute atomic E-state index is 12.0. The third kappa shape index (κ3) is 2.24. The zero-order valence-electron chi connectivity index (χ0n) is 9.90. The van der Waals surface area contributed by atoms with Crippen molar-refractivity contribution in [3.05, 3.63) is 40.3 Å². The minimum absolute atomic E-state index is 0.220. The van der Waals surface area contributed by atoms with Crippen molar-refractivity contribution in [2.45, 2.75) is 6.92 Å². The van der Waals surface area contributed by atoms with E-state index in [9.17, 15) is 4.79 Å². The maximum atomic E-state index is 12.0. The van der Waals surface area contributed by atoms with Crippen molar-refractivity contribution in [2.75, 3.05) is 5.32 Å². The molecule has 0 radical (unpaired) electrons. The molecule has 1 amide bonds. The van der Waals surface area contributed by atoms with E-state index >= 15 is 0 Å². The van der Waals surface area contributed by atoms with Crippen LogP contribution < -0.4 is 5.32 Å². The minimum atomic E-state index is -0.377. The molecule has 0 aliphatic heterocycles. The van der Waals surface area contributed by atoms with E-state index in [1.54, 1.807) is 6.07 Å². The van der Waals surface area contributed by atoms with Crippen molar-refractivity contribution in [3.63, 3.8) is 0 Å². The van der Waals surface area contributed by atoms with Crippen LogP contribution in [-0.4, -0.2) is 21.1 Å². The van der Waals surface area contributed by atoms with Gasteiger partial charge in [0.1, 0.15) is 11.9 Å². The SMILES string of the molecule is Cc1cc(Br)c2oc(C(=O)Nc3ncn[nH]3)cc2c1. The summed E-state index contributed by atoms with van der Waals surface area (Å²) in [5, 5.41) is 9.62. The van der Waals surface area contributed by atoms with Crippen LogP contribution in [0.25, 0.3) is 11.0 Å². The molecule has 2 heterocycles. The molecule has 2 N–H and O–H groups in total. The summed E-state index contributed by atoms with van der Waals surface area (Å²) in [5.41, 5.74) is 1.73. The molecule has 0 saturated heterocycles. The smallest absolute Gasteiger partial charge is 0.293 e. The molecule has 2 aromatic heterocycles. The number of nitrogens with one attached hydrogen (secondary N) is 2. The van der Waals surface area contributed by atoms with Gasteiger partial charge in [0.15, 0.2) is 5.76 Å². The number of aromatic amines is 1. The Hall–Kier alpha value is -2.15. The fourth-order valence-electron chi connectivity index (χ4n) is 1.80. The molecule has 0 unspecified atom stereocenters. The second-order valence-electron chi connectivity index (χ2n) is 4.06. The molecular formula is C12H9BrN4O2. The molecule has 0 bridgehead atoms. The summed E-state index contributed by atoms with van der Waals surface area (Å²) in [6, 6.07) is 5.58. The van der Waals surface area contributed by atoms with Gasteiger partial charge in [0.2, 0.25) is 5.95 Å². The molecule has 96 valence electrons. The van der Waals surface area contributed by atoms with Gasteiger partial charge in [0.05, 0.1) is 4.47 Å². The third-order valence-electron chi connectivity index (χ3n) is 2.59. The van der Waals surface area contributed by atoms with Crippen LogP contribution in [0.5, 0.6) is 0 Å². The van der Waals surface area contributed by atoms with Crippen LogP contribution in [0, 0.1) is 6.92 Å². The summed E-state index contributed by atoms with van der Waals surface area (Å²) in [7, 11) is 0. The summed E-state index contributed by atoms with van der Waals surface area (Å²) >= 11 is 3.42. The Morgan fingerprint density at radius 1 is 1.42 bits per heavy atom. The fraction of sp³-hybridized carbons (Fsp3) is 0.0833. The van der Waals surface area contributed by atoms with E-state index in [-0.39, 0.29) is 17.6 Å². The Bertz CT molecular complexity index is 749. The number of amides is 1. The van der Waals surface area contributed by atoms with Crippen molar-refractivity contribution in [1.82, 2.24) is 15.2 Å². The molecule has 1 aromatic carbocycles. The number of hydrogen-bond acceptors (Lipinski definition) is 4. The fourth-order valence-corrected chi connectivity index (χ4v) is 2.47. The standard InChI is InChI=1S/C12H9BrN4O2/c1-6-2-7-4-9(19-10(7)8(13)3-6)11(18)16-12-14-5-15-17-12/h2-5H,1H3,(H2,14,15,16,17,18). The number of anilines is 1. The number of rotatable bonds is 2. The van der Waals surface area contributed by atoms with Crippen molar-refractivity contribution < 1.29 is 9.21 Å². The van der Waals surface area contributed by atoms with Crippen LogP contribution in [0.15, 0.2) is 33.4 Å². The number of aromatic nitrogens is 3. The van der Waals surface area contributed by atoms with Crippen LogP contribution in [0.2, 0.25) is 0 Å². The third-order valence-corrected chi connectivity index (χ3v) is 3.18. The van der Waals surface area contributed by atoms with Crippen LogP contribution in [0.3, 0.4) is 0 Å². The van der Waals surface area contributed by atoms with Crippen LogP contribution in [0.1, 0.15) is 16.1 Å². The number of halogens is 1. The van der Waals surface area contributed by atoms with E-state index in [4.69, 9.17) is 4.42 Å². The molecule has 7 heteroatoms. The second-order valence-corrected chi connectivity index (χ2v) is 4.92. The van der Waals surface area contributed by atoms with Gasteiger partial charge in [-0.05, 0) is 46.6 Å². The van der Waals surface area contributed by atoms with E-state index in [0.717, 1.165) is 15.4 Å². The van der Waals surface area contributed by atoms with Gasteiger partial charge in [-0.3, -0.25) is 10.1 Å². The van der Waals surface area contributed by atoms with E-state index in [1.807, 2.05) is 19.1 Å². The Labute approximate surface area is 116 Å². The number of nitrogens with zero attached hydrogens (tertiary/aromatic N) is 2. The summed E-state index contributed by atoms with van der Waals surface area (Å²) in [4.78, 5) is 15.8. The molecular weight excluding hydrogens is 312 g/mol. The predicted molar refractivity (Wildman–Crippen MR) is 73.0 cm³/mol. The number of benzene rings is 1. The summed E-state index contributed by atoms with van der Waals surface area (Å²) < 4.78 is 6.36. The lowest BCUT2D eigenvalue weighted by Gasteiger charge is -1.97. The van der Waals surface area contributed by atoms with E-state index in [1.165, 1.54) is 6.33 Å². The molecule has 6 nitrogen and oxygen atoms in total. The normalized spacial score (nSPS) is 10.8. The number of furan rings is 1. The van der Waals surface area contributed by atoms with Gasteiger partial charge in [-0.1, -0.05) is 0 Å². The highest BCUT2D eigenvalue weighted by Gasteiger charge is 2.15. The summed E-state index contributed by atoms with van der Waals surface area (Å²) in [6.07, 6.45) is 1.31. The monoisotopic (exact) mass is 320 g/mol. The molecule has 0 aliphatic carbocycles. The number of fused-ring (bicyclic) bond motifs is 1. The number of hydrogen-bond donors (Lipinski definition) is 2. The van der Waals surface area contributed by atoms with Gasteiger partial charge in [0, 0.05) is 5.39 Å². The number of carbonyl (C=O) groups excluding carboxylic acids is 1. The van der Waals surface area contributed by atoms with Crippen molar-refractivity contribution in [3.8, 4) is 0 Å². The zero-order chi connectivity index (χ0) is 13.4. The predicted octanol–water partition coefficient (Wildman–Crippen LogP) is 2.87. The quantitative estimate of drug-likeness (QED) is 0.760. The van der Waals surface area contributed by atoms with E-state index in [2.05, 4.69) is 36.4 Å². The zero-order valence-corrected chi connectivity index (χ0v) is 11.5. The molecule has 0 spiro atoms. The molecule has 0 saturated carbocycles. The van der Waals surface area contributed by atoms with Gasteiger partial charge < -0.3 is 4.42 Å². The van der Waals surface area contributed by atoms with Gasteiger partial charge in [-0.2, -0.15) is 10.1 Å². The lowest BCUT2D eigenvalue weighted by atomic mass is 10.2. The van der Waals surface area contributed by atoms with E-state index in [0.29, 0.717) is 5.58 Å². The first-order chi connectivity index (χ1) is 9.13. The van der Waals surface area contributed by atoms with E-state index < -0.39 is 0 Å². The topological polar surface area (TPSA) is 83.8 Å². The lowest BCUT2D eigenvalue weighted by Crippen LogP contribution is -2.11. The summed E-state index contributed by atoms with van der Waals surface area (Å²) in [5.74, 6) is 0.121. The first-order valence-electron chi connectivity index (χ1n) is 5.50. The lowest BCUT2D eigenvalue weighted by molar-refractivity contribution is 0.0998. The van der Waals surface area contributed by atoms with Gasteiger partial charge in [0.25, 0.3) is 5.91 Å². The number of H-pyrrole nitrogens is 1. The molecule has 3 rings (SSSR count). The second kappa shape index (κ2) is 4.51. The minimum Gasteiger partial charge on any atom is -0.450 e. The highest BCUT2D eigenvalue weighted by molar-refractivity contribution is 9.10. The van der Waals surface area contributed by atoms with Crippen LogP contribution in [-0.2, 0) is 0 Å². The van der Waals surface area contributed by atoms with Gasteiger partial charge >= 0.3 is 0 Å². The Balaban J connectivity index is 1.97. The largest absolute Gasteiger partial charge is 0.450 e. The summed E-state index contributed by atoms with van der Waals surface area (Å²) in [6.45, 7) is 1.98. The van der Waals surface area contributed by atoms with Crippen molar-refractivity contribution in [2.24, 2.45) is 0 Å². The molecule has 0 fully saturated rings. The Kier molecular flexibility index (Phi) is 2.83. The van der Waals surface area contributed by atoms with Crippen LogP contribution in [0.4, 0.5) is 5.95 Å². The van der Waals surface area contributed by atoms with Crippen LogP contribution >= 0.6 is 15.9 Å². The highest BCUT2D eigenvalue weighted by atomic mass is 79.9.